The van der Waals surface area contributed by atoms with Crippen molar-refractivity contribution >= 4 is 27.3 Å². The van der Waals surface area contributed by atoms with Crippen LogP contribution in [0.5, 0.6) is 0 Å². The van der Waals surface area contributed by atoms with Gasteiger partial charge in [0.15, 0.2) is 0 Å². The van der Waals surface area contributed by atoms with Crippen LogP contribution in [0.3, 0.4) is 0 Å². The van der Waals surface area contributed by atoms with Crippen LogP contribution in [0, 0.1) is 0 Å². The van der Waals surface area contributed by atoms with Crippen molar-refractivity contribution in [3.63, 3.8) is 0 Å². The normalized spacial score (nSPS) is 17.4. The van der Waals surface area contributed by atoms with E-state index in [0.717, 1.165) is 16.6 Å². The Morgan fingerprint density at radius 1 is 1.60 bits per heavy atom. The van der Waals surface area contributed by atoms with E-state index in [1.807, 2.05) is 0 Å². The summed E-state index contributed by atoms with van der Waals surface area (Å²) in [6, 6.07) is 4.21. The van der Waals surface area contributed by atoms with Gasteiger partial charge in [0.05, 0.1) is 9.39 Å². The molecule has 0 saturated carbocycles. The molecule has 0 spiro atoms. The lowest BCUT2D eigenvalue weighted by Crippen LogP contribution is -2.47. The molecule has 0 aliphatic heterocycles. The Morgan fingerprint density at radius 3 is 2.67 bits per heavy atom. The van der Waals surface area contributed by atoms with Gasteiger partial charge in [0.25, 0.3) is 0 Å². The second-order valence-electron chi connectivity index (χ2n) is 3.89. The highest BCUT2D eigenvalue weighted by Crippen LogP contribution is 2.26. The molecule has 1 aromatic rings. The molecular weight excluding hydrogens is 274 g/mol. The highest BCUT2D eigenvalue weighted by atomic mass is 79.9. The molecule has 2 nitrogen and oxygen atoms in total. The van der Waals surface area contributed by atoms with E-state index >= 15 is 0 Å². The third kappa shape index (κ3) is 3.28. The number of ether oxygens (including phenoxy) is 1. The molecule has 0 bridgehead atoms. The Morgan fingerprint density at radius 2 is 2.27 bits per heavy atom. The van der Waals surface area contributed by atoms with Crippen LogP contribution in [0.2, 0.25) is 0 Å². The zero-order valence-electron chi connectivity index (χ0n) is 9.42. The Kier molecular flexibility index (Phi) is 4.77. The van der Waals surface area contributed by atoms with Gasteiger partial charge in [0, 0.05) is 18.0 Å². The SMILES string of the molecule is CCC(C)(OC)C(N)Cc1ccc(Br)s1. The highest BCUT2D eigenvalue weighted by Gasteiger charge is 2.29. The molecule has 0 saturated heterocycles. The van der Waals surface area contributed by atoms with Crippen molar-refractivity contribution in [3.8, 4) is 0 Å². The fourth-order valence-electron chi connectivity index (χ4n) is 1.45. The molecule has 2 N–H and O–H groups in total. The number of methoxy groups -OCH3 is 1. The molecule has 15 heavy (non-hydrogen) atoms. The van der Waals surface area contributed by atoms with Crippen molar-refractivity contribution < 1.29 is 4.74 Å². The van der Waals surface area contributed by atoms with Crippen LogP contribution in [-0.4, -0.2) is 18.8 Å². The van der Waals surface area contributed by atoms with Crippen molar-refractivity contribution in [1.29, 1.82) is 0 Å². The van der Waals surface area contributed by atoms with Crippen LogP contribution in [0.15, 0.2) is 15.9 Å². The van der Waals surface area contributed by atoms with E-state index in [0.29, 0.717) is 0 Å². The lowest BCUT2D eigenvalue weighted by atomic mass is 9.91. The van der Waals surface area contributed by atoms with Gasteiger partial charge in [0.2, 0.25) is 0 Å². The monoisotopic (exact) mass is 291 g/mol. The maximum Gasteiger partial charge on any atom is 0.0801 e. The first kappa shape index (κ1) is 13.2. The molecule has 1 aromatic heterocycles. The fraction of sp³-hybridized carbons (Fsp3) is 0.636. The van der Waals surface area contributed by atoms with Gasteiger partial charge in [-0.05, 0) is 47.8 Å². The Hall–Kier alpha value is 0.1000. The van der Waals surface area contributed by atoms with E-state index in [2.05, 4.69) is 41.9 Å². The smallest absolute Gasteiger partial charge is 0.0801 e. The first-order chi connectivity index (χ1) is 7.01. The van der Waals surface area contributed by atoms with Gasteiger partial charge in [-0.1, -0.05) is 6.92 Å². The quantitative estimate of drug-likeness (QED) is 0.904. The van der Waals surface area contributed by atoms with Gasteiger partial charge in [-0.15, -0.1) is 11.3 Å². The summed E-state index contributed by atoms with van der Waals surface area (Å²) in [7, 11) is 1.73. The summed E-state index contributed by atoms with van der Waals surface area (Å²) in [5.74, 6) is 0. The average molecular weight is 292 g/mol. The predicted octanol–water partition coefficient (Wildman–Crippen LogP) is 3.20. The second-order valence-corrected chi connectivity index (χ2v) is 6.43. The van der Waals surface area contributed by atoms with Gasteiger partial charge in [-0.25, -0.2) is 0 Å². The van der Waals surface area contributed by atoms with Crippen molar-refractivity contribution in [3.05, 3.63) is 20.8 Å². The lowest BCUT2D eigenvalue weighted by Gasteiger charge is -2.33. The molecule has 0 fully saturated rings. The van der Waals surface area contributed by atoms with Crippen LogP contribution in [-0.2, 0) is 11.2 Å². The highest BCUT2D eigenvalue weighted by molar-refractivity contribution is 9.11. The minimum atomic E-state index is -0.226. The van der Waals surface area contributed by atoms with Gasteiger partial charge < -0.3 is 10.5 Å². The molecule has 0 aromatic carbocycles. The van der Waals surface area contributed by atoms with E-state index in [-0.39, 0.29) is 11.6 Å². The van der Waals surface area contributed by atoms with Crippen molar-refractivity contribution in [1.82, 2.24) is 0 Å². The third-order valence-corrected chi connectivity index (χ3v) is 4.65. The minimum Gasteiger partial charge on any atom is -0.377 e. The van der Waals surface area contributed by atoms with Crippen molar-refractivity contribution in [2.45, 2.75) is 38.3 Å². The first-order valence-corrected chi connectivity index (χ1v) is 6.67. The molecule has 0 radical (unpaired) electrons. The summed E-state index contributed by atoms with van der Waals surface area (Å²) >= 11 is 5.19. The Balaban J connectivity index is 2.65. The van der Waals surface area contributed by atoms with Gasteiger partial charge in [-0.2, -0.15) is 0 Å². The number of nitrogens with two attached hydrogens (primary N) is 1. The largest absolute Gasteiger partial charge is 0.377 e. The Labute approximate surface area is 104 Å². The van der Waals surface area contributed by atoms with E-state index in [9.17, 15) is 0 Å². The standard InChI is InChI=1S/C11H18BrNOS/c1-4-11(2,14-3)9(13)7-8-5-6-10(12)15-8/h5-6,9H,4,7,13H2,1-3H3. The average Bonchev–Trinajstić information content (AvgIpc) is 2.62. The lowest BCUT2D eigenvalue weighted by molar-refractivity contribution is -0.0182. The predicted molar refractivity (Wildman–Crippen MR) is 69.4 cm³/mol. The third-order valence-electron chi connectivity index (χ3n) is 3.00. The van der Waals surface area contributed by atoms with Crippen LogP contribution >= 0.6 is 27.3 Å². The van der Waals surface area contributed by atoms with E-state index < -0.39 is 0 Å². The van der Waals surface area contributed by atoms with Crippen LogP contribution < -0.4 is 5.73 Å². The number of thiophene rings is 1. The van der Waals surface area contributed by atoms with Gasteiger partial charge in [-0.3, -0.25) is 0 Å². The van der Waals surface area contributed by atoms with Crippen LogP contribution in [0.1, 0.15) is 25.1 Å². The topological polar surface area (TPSA) is 35.2 Å². The minimum absolute atomic E-state index is 0.0399. The molecule has 1 rings (SSSR count). The van der Waals surface area contributed by atoms with Gasteiger partial charge in [0.1, 0.15) is 0 Å². The molecule has 1 heterocycles. The fourth-order valence-corrected chi connectivity index (χ4v) is 2.99. The molecule has 0 aliphatic carbocycles. The number of rotatable bonds is 5. The van der Waals surface area contributed by atoms with Crippen LogP contribution in [0.25, 0.3) is 0 Å². The second kappa shape index (κ2) is 5.43. The van der Waals surface area contributed by atoms with E-state index in [4.69, 9.17) is 10.5 Å². The van der Waals surface area contributed by atoms with Gasteiger partial charge >= 0.3 is 0 Å². The van der Waals surface area contributed by atoms with Crippen molar-refractivity contribution in [2.24, 2.45) is 5.73 Å². The number of hydrogen-bond donors (Lipinski definition) is 1. The maximum absolute atomic E-state index is 6.18. The number of hydrogen-bond acceptors (Lipinski definition) is 3. The van der Waals surface area contributed by atoms with Crippen LogP contribution in [0.4, 0.5) is 0 Å². The van der Waals surface area contributed by atoms with E-state index in [1.165, 1.54) is 4.88 Å². The molecule has 2 atom stereocenters. The molecule has 2 unspecified atom stereocenters. The van der Waals surface area contributed by atoms with Crippen molar-refractivity contribution in [2.75, 3.05) is 7.11 Å². The summed E-state index contributed by atoms with van der Waals surface area (Å²) in [6.07, 6.45) is 1.80. The summed E-state index contributed by atoms with van der Waals surface area (Å²) in [5.41, 5.74) is 5.96. The van der Waals surface area contributed by atoms with E-state index in [1.54, 1.807) is 18.4 Å². The zero-order valence-corrected chi connectivity index (χ0v) is 11.8. The number of halogens is 1. The summed E-state index contributed by atoms with van der Waals surface area (Å²) in [6.45, 7) is 4.17. The Bertz CT molecular complexity index is 309. The summed E-state index contributed by atoms with van der Waals surface area (Å²) in [5, 5.41) is 0. The zero-order chi connectivity index (χ0) is 11.5. The molecular formula is C11H18BrNOS. The molecule has 0 aliphatic rings. The maximum atomic E-state index is 6.18. The molecule has 86 valence electrons. The molecule has 0 amide bonds. The molecule has 4 heteroatoms. The summed E-state index contributed by atoms with van der Waals surface area (Å²) in [4.78, 5) is 1.30. The summed E-state index contributed by atoms with van der Waals surface area (Å²) < 4.78 is 6.65. The first-order valence-electron chi connectivity index (χ1n) is 5.06.